The molecule has 0 saturated heterocycles. The Bertz CT molecular complexity index is 286. The van der Waals surface area contributed by atoms with E-state index in [1.54, 1.807) is 0 Å². The van der Waals surface area contributed by atoms with E-state index in [0.717, 1.165) is 30.2 Å². The molecule has 2 nitrogen and oxygen atoms in total. The fourth-order valence-electron chi connectivity index (χ4n) is 1.40. The van der Waals surface area contributed by atoms with Crippen molar-refractivity contribution in [2.75, 3.05) is 13.2 Å². The highest BCUT2D eigenvalue weighted by molar-refractivity contribution is 6.30. The second-order valence-electron chi connectivity index (χ2n) is 3.82. The highest BCUT2D eigenvalue weighted by atomic mass is 35.5. The van der Waals surface area contributed by atoms with Gasteiger partial charge in [0.2, 0.25) is 0 Å². The van der Waals surface area contributed by atoms with Crippen molar-refractivity contribution in [3.63, 3.8) is 0 Å². The summed E-state index contributed by atoms with van der Waals surface area (Å²) in [7, 11) is 0. The van der Waals surface area contributed by atoms with Gasteiger partial charge in [0, 0.05) is 11.1 Å². The first-order valence-electron chi connectivity index (χ1n) is 5.88. The summed E-state index contributed by atoms with van der Waals surface area (Å²) < 4.78 is 5.69. The largest absolute Gasteiger partial charge is 0.492 e. The van der Waals surface area contributed by atoms with E-state index in [4.69, 9.17) is 16.3 Å². The van der Waals surface area contributed by atoms with Crippen LogP contribution in [0.15, 0.2) is 24.3 Å². The maximum atomic E-state index is 5.80. The first kappa shape index (κ1) is 13.3. The summed E-state index contributed by atoms with van der Waals surface area (Å²) in [5, 5.41) is 4.19. The van der Waals surface area contributed by atoms with E-state index < -0.39 is 0 Å². The molecule has 1 aromatic carbocycles. The quantitative estimate of drug-likeness (QED) is 0.789. The fourth-order valence-corrected chi connectivity index (χ4v) is 1.52. The lowest BCUT2D eigenvalue weighted by Crippen LogP contribution is -2.34. The normalized spacial score (nSPS) is 12.4. The van der Waals surface area contributed by atoms with Crippen LogP contribution in [0.5, 0.6) is 5.75 Å². The lowest BCUT2D eigenvalue weighted by molar-refractivity contribution is 0.260. The topological polar surface area (TPSA) is 21.3 Å². The van der Waals surface area contributed by atoms with Gasteiger partial charge in [0.1, 0.15) is 12.4 Å². The lowest BCUT2D eigenvalue weighted by Gasteiger charge is -2.17. The molecule has 0 heterocycles. The Balaban J connectivity index is 2.34. The maximum Gasteiger partial charge on any atom is 0.119 e. The summed E-state index contributed by atoms with van der Waals surface area (Å²) >= 11 is 5.80. The van der Waals surface area contributed by atoms with Gasteiger partial charge in [0.05, 0.1) is 0 Å². The maximum absolute atomic E-state index is 5.80. The van der Waals surface area contributed by atoms with Gasteiger partial charge >= 0.3 is 0 Å². The summed E-state index contributed by atoms with van der Waals surface area (Å²) in [6, 6.07) is 7.91. The molecule has 1 unspecified atom stereocenters. The number of benzene rings is 1. The van der Waals surface area contributed by atoms with Crippen molar-refractivity contribution in [1.29, 1.82) is 0 Å². The Labute approximate surface area is 103 Å². The van der Waals surface area contributed by atoms with Crippen molar-refractivity contribution >= 4 is 11.6 Å². The van der Waals surface area contributed by atoms with Crippen LogP contribution < -0.4 is 10.1 Å². The van der Waals surface area contributed by atoms with Gasteiger partial charge in [-0.2, -0.15) is 0 Å². The van der Waals surface area contributed by atoms with Crippen LogP contribution in [-0.2, 0) is 0 Å². The van der Waals surface area contributed by atoms with Gasteiger partial charge in [-0.3, -0.25) is 0 Å². The summed E-state index contributed by atoms with van der Waals surface area (Å²) in [5.41, 5.74) is 0. The molecule has 1 atom stereocenters. The molecule has 0 radical (unpaired) electrons. The van der Waals surface area contributed by atoms with Crippen LogP contribution in [0.2, 0.25) is 5.02 Å². The van der Waals surface area contributed by atoms with Crippen LogP contribution in [-0.4, -0.2) is 19.2 Å². The van der Waals surface area contributed by atoms with Crippen molar-refractivity contribution in [2.45, 2.75) is 32.7 Å². The third-order valence-corrected chi connectivity index (χ3v) is 2.69. The van der Waals surface area contributed by atoms with Crippen molar-refractivity contribution in [1.82, 2.24) is 5.32 Å². The molecule has 1 aromatic rings. The van der Waals surface area contributed by atoms with E-state index in [-0.39, 0.29) is 0 Å². The van der Waals surface area contributed by atoms with Crippen LogP contribution in [0, 0.1) is 0 Å². The third kappa shape index (κ3) is 4.86. The summed E-state index contributed by atoms with van der Waals surface area (Å²) in [6.07, 6.45) is 2.23. The highest BCUT2D eigenvalue weighted by Crippen LogP contribution is 2.15. The summed E-state index contributed by atoms with van der Waals surface area (Å²) in [4.78, 5) is 0. The number of nitrogens with one attached hydrogen (secondary N) is 1. The van der Waals surface area contributed by atoms with E-state index in [1.807, 2.05) is 24.3 Å². The first-order chi connectivity index (χ1) is 7.76. The molecule has 1 rings (SSSR count). The van der Waals surface area contributed by atoms with Crippen molar-refractivity contribution in [3.05, 3.63) is 29.3 Å². The third-order valence-electron chi connectivity index (χ3n) is 2.44. The molecule has 90 valence electrons. The molecule has 0 aliphatic rings. The van der Waals surface area contributed by atoms with Crippen molar-refractivity contribution < 1.29 is 4.74 Å². The number of rotatable bonds is 7. The van der Waals surface area contributed by atoms with Gasteiger partial charge < -0.3 is 10.1 Å². The average Bonchev–Trinajstić information content (AvgIpc) is 2.32. The van der Waals surface area contributed by atoms with E-state index in [1.165, 1.54) is 0 Å². The zero-order valence-electron chi connectivity index (χ0n) is 10.0. The summed E-state index contributed by atoms with van der Waals surface area (Å²) in [5.74, 6) is 0.876. The second kappa shape index (κ2) is 7.53. The number of hydrogen-bond donors (Lipinski definition) is 1. The molecule has 0 aliphatic carbocycles. The lowest BCUT2D eigenvalue weighted by atomic mass is 10.2. The average molecular weight is 242 g/mol. The Morgan fingerprint density at radius 3 is 2.50 bits per heavy atom. The van der Waals surface area contributed by atoms with E-state index >= 15 is 0 Å². The van der Waals surface area contributed by atoms with Crippen LogP contribution in [0.1, 0.15) is 26.7 Å². The molecule has 3 heteroatoms. The Morgan fingerprint density at radius 1 is 1.25 bits per heavy atom. The van der Waals surface area contributed by atoms with Crippen molar-refractivity contribution in [2.24, 2.45) is 0 Å². The molecule has 0 bridgehead atoms. The number of halogens is 1. The molecule has 0 spiro atoms. The standard InChI is InChI=1S/C13H20ClNO/c1-3-9-15-12(4-2)10-16-13-7-5-11(14)6-8-13/h5-8,12,15H,3-4,9-10H2,1-2H3. The molecule has 0 aromatic heterocycles. The Morgan fingerprint density at radius 2 is 1.94 bits per heavy atom. The fraction of sp³-hybridized carbons (Fsp3) is 0.538. The van der Waals surface area contributed by atoms with Crippen LogP contribution in [0.25, 0.3) is 0 Å². The molecule has 1 N–H and O–H groups in total. The molecule has 0 fully saturated rings. The zero-order chi connectivity index (χ0) is 11.8. The first-order valence-corrected chi connectivity index (χ1v) is 6.25. The second-order valence-corrected chi connectivity index (χ2v) is 4.26. The predicted octanol–water partition coefficient (Wildman–Crippen LogP) is 3.50. The molecule has 16 heavy (non-hydrogen) atoms. The minimum absolute atomic E-state index is 0.427. The minimum atomic E-state index is 0.427. The molecular formula is C13H20ClNO. The van der Waals surface area contributed by atoms with E-state index in [0.29, 0.717) is 12.6 Å². The number of hydrogen-bond acceptors (Lipinski definition) is 2. The van der Waals surface area contributed by atoms with Gasteiger partial charge in [-0.15, -0.1) is 0 Å². The van der Waals surface area contributed by atoms with Crippen LogP contribution in [0.4, 0.5) is 0 Å². The predicted molar refractivity (Wildman–Crippen MR) is 69.3 cm³/mol. The molecular weight excluding hydrogens is 222 g/mol. The Kier molecular flexibility index (Phi) is 6.27. The van der Waals surface area contributed by atoms with Gasteiger partial charge in [-0.05, 0) is 43.7 Å². The monoisotopic (exact) mass is 241 g/mol. The van der Waals surface area contributed by atoms with Crippen molar-refractivity contribution in [3.8, 4) is 5.75 Å². The zero-order valence-corrected chi connectivity index (χ0v) is 10.8. The highest BCUT2D eigenvalue weighted by Gasteiger charge is 2.05. The van der Waals surface area contributed by atoms with Crippen LogP contribution in [0.3, 0.4) is 0 Å². The van der Waals surface area contributed by atoms with Crippen LogP contribution >= 0.6 is 11.6 Å². The van der Waals surface area contributed by atoms with Gasteiger partial charge in [0.15, 0.2) is 0 Å². The minimum Gasteiger partial charge on any atom is -0.492 e. The molecule has 0 saturated carbocycles. The SMILES string of the molecule is CCCNC(CC)COc1ccc(Cl)cc1. The van der Waals surface area contributed by atoms with E-state index in [2.05, 4.69) is 19.2 Å². The molecule has 0 aliphatic heterocycles. The summed E-state index contributed by atoms with van der Waals surface area (Å²) in [6.45, 7) is 6.08. The van der Waals surface area contributed by atoms with Gasteiger partial charge in [-0.1, -0.05) is 25.4 Å². The molecule has 0 amide bonds. The smallest absolute Gasteiger partial charge is 0.119 e. The number of ether oxygens (including phenoxy) is 1. The van der Waals surface area contributed by atoms with E-state index in [9.17, 15) is 0 Å². The Hall–Kier alpha value is -0.730. The van der Waals surface area contributed by atoms with Gasteiger partial charge in [0.25, 0.3) is 0 Å². The van der Waals surface area contributed by atoms with Gasteiger partial charge in [-0.25, -0.2) is 0 Å².